The molecular formula is C12H15BrN2O4. The van der Waals surface area contributed by atoms with Crippen LogP contribution >= 0.6 is 15.9 Å². The first-order valence-electron chi connectivity index (χ1n) is 5.75. The molecule has 6 nitrogen and oxygen atoms in total. The number of benzene rings is 1. The first kappa shape index (κ1) is 15.4. The van der Waals surface area contributed by atoms with Crippen molar-refractivity contribution >= 4 is 33.3 Å². The maximum atomic E-state index is 11.4. The first-order chi connectivity index (χ1) is 8.99. The molecule has 1 aromatic carbocycles. The van der Waals surface area contributed by atoms with Gasteiger partial charge in [-0.25, -0.2) is 0 Å². The Labute approximate surface area is 119 Å². The summed E-state index contributed by atoms with van der Waals surface area (Å²) in [6, 6.07) is 4.47. The van der Waals surface area contributed by atoms with E-state index in [1.54, 1.807) is 6.07 Å². The standard InChI is InChI=1S/C12H15BrN2O4/c1-3-6-14(8-12(16)19-2)11-5-4-9(15(17)18)7-10(11)13/h4-5,7H,3,6,8H2,1-2H3. The molecule has 0 aliphatic heterocycles. The van der Waals surface area contributed by atoms with Crippen molar-refractivity contribution in [1.82, 2.24) is 0 Å². The summed E-state index contributed by atoms with van der Waals surface area (Å²) in [5.74, 6) is -0.348. The van der Waals surface area contributed by atoms with Crippen molar-refractivity contribution in [2.45, 2.75) is 13.3 Å². The van der Waals surface area contributed by atoms with E-state index in [1.165, 1.54) is 19.2 Å². The molecule has 19 heavy (non-hydrogen) atoms. The Hall–Kier alpha value is -1.63. The second kappa shape index (κ2) is 7.08. The average molecular weight is 331 g/mol. The SMILES string of the molecule is CCCN(CC(=O)OC)c1ccc([N+](=O)[O-])cc1Br. The van der Waals surface area contributed by atoms with Crippen LogP contribution in [-0.4, -0.2) is 31.1 Å². The Kier molecular flexibility index (Phi) is 5.75. The van der Waals surface area contributed by atoms with Crippen molar-refractivity contribution in [2.75, 3.05) is 25.1 Å². The molecule has 0 radical (unpaired) electrons. The molecule has 0 unspecified atom stereocenters. The molecule has 1 rings (SSSR count). The van der Waals surface area contributed by atoms with Crippen LogP contribution in [0.15, 0.2) is 22.7 Å². The van der Waals surface area contributed by atoms with Crippen LogP contribution in [0.3, 0.4) is 0 Å². The average Bonchev–Trinajstić information content (AvgIpc) is 2.37. The zero-order valence-corrected chi connectivity index (χ0v) is 12.3. The first-order valence-corrected chi connectivity index (χ1v) is 6.54. The molecule has 0 saturated carbocycles. The predicted octanol–water partition coefficient (Wildman–Crippen LogP) is 2.75. The Balaban J connectivity index is 3.02. The molecule has 0 atom stereocenters. The van der Waals surface area contributed by atoms with Crippen LogP contribution in [0.1, 0.15) is 13.3 Å². The molecule has 0 aliphatic carbocycles. The maximum Gasteiger partial charge on any atom is 0.325 e. The van der Waals surface area contributed by atoms with Crippen LogP contribution in [0.2, 0.25) is 0 Å². The van der Waals surface area contributed by atoms with Gasteiger partial charge in [0.15, 0.2) is 0 Å². The van der Waals surface area contributed by atoms with Gasteiger partial charge in [-0.3, -0.25) is 14.9 Å². The molecule has 7 heteroatoms. The minimum Gasteiger partial charge on any atom is -0.468 e. The van der Waals surface area contributed by atoms with Gasteiger partial charge >= 0.3 is 5.97 Å². The highest BCUT2D eigenvalue weighted by Crippen LogP contribution is 2.30. The van der Waals surface area contributed by atoms with E-state index in [1.807, 2.05) is 11.8 Å². The van der Waals surface area contributed by atoms with E-state index in [0.29, 0.717) is 11.0 Å². The number of rotatable bonds is 6. The van der Waals surface area contributed by atoms with E-state index in [4.69, 9.17) is 0 Å². The minimum atomic E-state index is -0.459. The van der Waals surface area contributed by atoms with E-state index in [9.17, 15) is 14.9 Å². The van der Waals surface area contributed by atoms with Crippen molar-refractivity contribution in [3.8, 4) is 0 Å². The number of esters is 1. The minimum absolute atomic E-state index is 0.00476. The molecule has 104 valence electrons. The summed E-state index contributed by atoms with van der Waals surface area (Å²) in [7, 11) is 1.33. The lowest BCUT2D eigenvalue weighted by molar-refractivity contribution is -0.384. The number of anilines is 1. The molecule has 0 bridgehead atoms. The van der Waals surface area contributed by atoms with Gasteiger partial charge in [0.25, 0.3) is 5.69 Å². The summed E-state index contributed by atoms with van der Waals surface area (Å²) >= 11 is 3.30. The third kappa shape index (κ3) is 4.20. The van der Waals surface area contributed by atoms with Crippen LogP contribution in [0.5, 0.6) is 0 Å². The third-order valence-electron chi connectivity index (χ3n) is 2.52. The normalized spacial score (nSPS) is 10.1. The van der Waals surface area contributed by atoms with Gasteiger partial charge in [-0.2, -0.15) is 0 Å². The maximum absolute atomic E-state index is 11.4. The predicted molar refractivity (Wildman–Crippen MR) is 75.3 cm³/mol. The summed E-state index contributed by atoms with van der Waals surface area (Å²) in [6.07, 6.45) is 0.848. The molecule has 0 N–H and O–H groups in total. The van der Waals surface area contributed by atoms with Gasteiger partial charge < -0.3 is 9.64 Å². The van der Waals surface area contributed by atoms with Gasteiger partial charge in [-0.05, 0) is 28.4 Å². The van der Waals surface area contributed by atoms with Crippen LogP contribution in [0.4, 0.5) is 11.4 Å². The zero-order valence-electron chi connectivity index (χ0n) is 10.8. The Morgan fingerprint density at radius 2 is 2.21 bits per heavy atom. The summed E-state index contributed by atoms with van der Waals surface area (Å²) in [6.45, 7) is 2.76. The summed E-state index contributed by atoms with van der Waals surface area (Å²) in [5.41, 5.74) is 0.739. The van der Waals surface area contributed by atoms with Crippen molar-refractivity contribution in [3.63, 3.8) is 0 Å². The van der Waals surface area contributed by atoms with Gasteiger partial charge in [-0.15, -0.1) is 0 Å². The molecule has 0 spiro atoms. The number of hydrogen-bond acceptors (Lipinski definition) is 5. The van der Waals surface area contributed by atoms with E-state index in [2.05, 4.69) is 20.7 Å². The van der Waals surface area contributed by atoms with Crippen molar-refractivity contribution in [2.24, 2.45) is 0 Å². The fraction of sp³-hybridized carbons (Fsp3) is 0.417. The van der Waals surface area contributed by atoms with Crippen LogP contribution in [0.25, 0.3) is 0 Å². The number of ether oxygens (including phenoxy) is 1. The van der Waals surface area contributed by atoms with E-state index < -0.39 is 4.92 Å². The van der Waals surface area contributed by atoms with Gasteiger partial charge in [0.05, 0.1) is 17.7 Å². The lowest BCUT2D eigenvalue weighted by Gasteiger charge is -2.23. The molecule has 0 heterocycles. The second-order valence-corrected chi connectivity index (χ2v) is 4.74. The van der Waals surface area contributed by atoms with E-state index >= 15 is 0 Å². The largest absolute Gasteiger partial charge is 0.468 e. The highest BCUT2D eigenvalue weighted by Gasteiger charge is 2.16. The van der Waals surface area contributed by atoms with Gasteiger partial charge in [0.1, 0.15) is 6.54 Å². The quantitative estimate of drug-likeness (QED) is 0.455. The number of nitrogens with zero attached hydrogens (tertiary/aromatic N) is 2. The zero-order chi connectivity index (χ0) is 14.4. The number of halogens is 1. The molecule has 1 aromatic rings. The number of carbonyl (C=O) groups is 1. The molecule has 0 fully saturated rings. The van der Waals surface area contributed by atoms with Crippen LogP contribution < -0.4 is 4.90 Å². The molecule has 0 saturated heterocycles. The van der Waals surface area contributed by atoms with Gasteiger partial charge in [0, 0.05) is 23.2 Å². The third-order valence-corrected chi connectivity index (χ3v) is 3.16. The Morgan fingerprint density at radius 3 is 2.68 bits per heavy atom. The summed E-state index contributed by atoms with van der Waals surface area (Å²) in [4.78, 5) is 23.4. The molecule has 0 amide bonds. The Bertz CT molecular complexity index is 479. The van der Waals surface area contributed by atoms with E-state index in [-0.39, 0.29) is 18.2 Å². The van der Waals surface area contributed by atoms with Crippen LogP contribution in [0, 0.1) is 10.1 Å². The summed E-state index contributed by atoms with van der Waals surface area (Å²) < 4.78 is 5.23. The number of nitro benzene ring substituents is 1. The number of hydrogen-bond donors (Lipinski definition) is 0. The van der Waals surface area contributed by atoms with Crippen molar-refractivity contribution < 1.29 is 14.5 Å². The lowest BCUT2D eigenvalue weighted by Crippen LogP contribution is -2.31. The van der Waals surface area contributed by atoms with E-state index in [0.717, 1.165) is 12.1 Å². The second-order valence-electron chi connectivity index (χ2n) is 3.89. The van der Waals surface area contributed by atoms with Crippen LogP contribution in [-0.2, 0) is 9.53 Å². The fourth-order valence-electron chi connectivity index (χ4n) is 1.64. The number of nitro groups is 1. The van der Waals surface area contributed by atoms with Gasteiger partial charge in [-0.1, -0.05) is 6.92 Å². The Morgan fingerprint density at radius 1 is 1.53 bits per heavy atom. The molecule has 0 aliphatic rings. The smallest absolute Gasteiger partial charge is 0.325 e. The number of non-ortho nitro benzene ring substituents is 1. The lowest BCUT2D eigenvalue weighted by atomic mass is 10.2. The molecule has 0 aromatic heterocycles. The fourth-order valence-corrected chi connectivity index (χ4v) is 2.26. The van der Waals surface area contributed by atoms with Crippen molar-refractivity contribution in [1.29, 1.82) is 0 Å². The van der Waals surface area contributed by atoms with Crippen molar-refractivity contribution in [3.05, 3.63) is 32.8 Å². The number of carbonyl (C=O) groups excluding carboxylic acids is 1. The highest BCUT2D eigenvalue weighted by molar-refractivity contribution is 9.10. The molecular weight excluding hydrogens is 316 g/mol. The topological polar surface area (TPSA) is 72.7 Å². The number of methoxy groups -OCH3 is 1. The highest BCUT2D eigenvalue weighted by atomic mass is 79.9. The summed E-state index contributed by atoms with van der Waals surface area (Å²) in [5, 5.41) is 10.7. The van der Waals surface area contributed by atoms with Gasteiger partial charge in [0.2, 0.25) is 0 Å². The monoisotopic (exact) mass is 330 g/mol.